The molecule has 2 heterocycles. The van der Waals surface area contributed by atoms with Gasteiger partial charge in [-0.2, -0.15) is 0 Å². The number of rotatable bonds is 2. The van der Waals surface area contributed by atoms with Crippen molar-refractivity contribution in [2.75, 3.05) is 10.2 Å². The summed E-state index contributed by atoms with van der Waals surface area (Å²) in [6.45, 7) is 2.08. The third-order valence-corrected chi connectivity index (χ3v) is 5.20. The van der Waals surface area contributed by atoms with Crippen LogP contribution in [0.3, 0.4) is 0 Å². The molecule has 3 aromatic carbocycles. The molecule has 5 rings (SSSR count). The van der Waals surface area contributed by atoms with Crippen LogP contribution in [0.2, 0.25) is 0 Å². The number of anilines is 2. The Morgan fingerprint density at radius 3 is 2.63 bits per heavy atom. The van der Waals surface area contributed by atoms with Crippen molar-refractivity contribution >= 4 is 17.3 Å². The first-order chi connectivity index (χ1) is 13.2. The van der Waals surface area contributed by atoms with Crippen LogP contribution >= 0.6 is 0 Å². The van der Waals surface area contributed by atoms with Gasteiger partial charge in [-0.05, 0) is 54.4 Å². The summed E-state index contributed by atoms with van der Waals surface area (Å²) < 4.78 is 5.84. The van der Waals surface area contributed by atoms with Crippen LogP contribution in [0.1, 0.15) is 34.6 Å². The standard InChI is InChI=1S/C23H20N2O2/c1-15-13-17-14-16(11-12-21(17)27-15)22-24-20-10-6-5-9-19(20)23(26)25(22)18-7-3-2-4-8-18/h2-12,14-15,22,24H,13H2,1H3/t15-,22-/m1/s1. The van der Waals surface area contributed by atoms with E-state index in [-0.39, 0.29) is 18.2 Å². The van der Waals surface area contributed by atoms with Gasteiger partial charge in [-0.25, -0.2) is 0 Å². The molecule has 0 radical (unpaired) electrons. The zero-order valence-corrected chi connectivity index (χ0v) is 15.1. The molecule has 2 aliphatic rings. The van der Waals surface area contributed by atoms with Crippen LogP contribution in [0.5, 0.6) is 5.75 Å². The molecule has 134 valence electrons. The fourth-order valence-electron chi connectivity index (χ4n) is 3.95. The van der Waals surface area contributed by atoms with E-state index < -0.39 is 0 Å². The molecule has 4 nitrogen and oxygen atoms in total. The number of carbonyl (C=O) groups is 1. The van der Waals surface area contributed by atoms with Gasteiger partial charge >= 0.3 is 0 Å². The Labute approximate surface area is 158 Å². The predicted molar refractivity (Wildman–Crippen MR) is 106 cm³/mol. The van der Waals surface area contributed by atoms with Crippen LogP contribution in [-0.2, 0) is 6.42 Å². The molecule has 0 aromatic heterocycles. The minimum Gasteiger partial charge on any atom is -0.490 e. The topological polar surface area (TPSA) is 41.6 Å². The van der Waals surface area contributed by atoms with Crippen LogP contribution < -0.4 is 15.0 Å². The average molecular weight is 356 g/mol. The lowest BCUT2D eigenvalue weighted by atomic mass is 10.00. The molecule has 3 aromatic rings. The fraction of sp³-hybridized carbons (Fsp3) is 0.174. The summed E-state index contributed by atoms with van der Waals surface area (Å²) in [5.41, 5.74) is 4.68. The molecule has 0 saturated heterocycles. The molecule has 0 aliphatic carbocycles. The molecule has 1 N–H and O–H groups in total. The average Bonchev–Trinajstić information content (AvgIpc) is 3.07. The van der Waals surface area contributed by atoms with Gasteiger partial charge < -0.3 is 10.1 Å². The Morgan fingerprint density at radius 2 is 1.78 bits per heavy atom. The number of nitrogens with zero attached hydrogens (tertiary/aromatic N) is 1. The lowest BCUT2D eigenvalue weighted by Crippen LogP contribution is -2.43. The van der Waals surface area contributed by atoms with Crippen LogP contribution in [0.4, 0.5) is 11.4 Å². The summed E-state index contributed by atoms with van der Waals surface area (Å²) in [5.74, 6) is 0.950. The van der Waals surface area contributed by atoms with Crippen molar-refractivity contribution in [3.8, 4) is 5.75 Å². The number of nitrogens with one attached hydrogen (secondary N) is 1. The smallest absolute Gasteiger partial charge is 0.262 e. The van der Waals surface area contributed by atoms with E-state index >= 15 is 0 Å². The van der Waals surface area contributed by atoms with E-state index in [2.05, 4.69) is 18.3 Å². The van der Waals surface area contributed by atoms with Gasteiger partial charge in [0.2, 0.25) is 0 Å². The molecular weight excluding hydrogens is 336 g/mol. The Balaban J connectivity index is 1.63. The second kappa shape index (κ2) is 6.16. The van der Waals surface area contributed by atoms with Gasteiger partial charge in [-0.3, -0.25) is 9.69 Å². The van der Waals surface area contributed by atoms with Gasteiger partial charge in [-0.1, -0.05) is 36.4 Å². The number of amides is 1. The number of carbonyl (C=O) groups excluding carboxylic acids is 1. The maximum atomic E-state index is 13.3. The Kier molecular flexibility index (Phi) is 3.64. The SMILES string of the molecule is C[C@@H]1Cc2cc([C@@H]3Nc4ccccc4C(=O)N3c3ccccc3)ccc2O1. The highest BCUT2D eigenvalue weighted by Crippen LogP contribution is 2.38. The lowest BCUT2D eigenvalue weighted by Gasteiger charge is -2.38. The third kappa shape index (κ3) is 2.65. The Hall–Kier alpha value is -3.27. The van der Waals surface area contributed by atoms with Gasteiger partial charge in [0.1, 0.15) is 18.0 Å². The van der Waals surface area contributed by atoms with E-state index in [1.807, 2.05) is 71.6 Å². The van der Waals surface area contributed by atoms with Gasteiger partial charge in [-0.15, -0.1) is 0 Å². The molecule has 0 bridgehead atoms. The third-order valence-electron chi connectivity index (χ3n) is 5.20. The van der Waals surface area contributed by atoms with E-state index in [4.69, 9.17) is 4.74 Å². The van der Waals surface area contributed by atoms with Crippen LogP contribution in [0, 0.1) is 0 Å². The zero-order chi connectivity index (χ0) is 18.4. The molecule has 2 atom stereocenters. The molecule has 0 saturated carbocycles. The largest absolute Gasteiger partial charge is 0.490 e. The second-order valence-corrected chi connectivity index (χ2v) is 7.10. The van der Waals surface area contributed by atoms with E-state index in [0.29, 0.717) is 5.56 Å². The lowest BCUT2D eigenvalue weighted by molar-refractivity contribution is 0.0975. The predicted octanol–water partition coefficient (Wildman–Crippen LogP) is 4.78. The van der Waals surface area contributed by atoms with Crippen LogP contribution in [0.15, 0.2) is 72.8 Å². The molecule has 27 heavy (non-hydrogen) atoms. The van der Waals surface area contributed by atoms with Gasteiger partial charge in [0.25, 0.3) is 5.91 Å². The number of benzene rings is 3. The van der Waals surface area contributed by atoms with Crippen LogP contribution in [-0.4, -0.2) is 12.0 Å². The first-order valence-electron chi connectivity index (χ1n) is 9.24. The van der Waals surface area contributed by atoms with Crippen molar-refractivity contribution in [2.45, 2.75) is 25.6 Å². The van der Waals surface area contributed by atoms with Crippen molar-refractivity contribution in [3.05, 3.63) is 89.5 Å². The first kappa shape index (κ1) is 15.9. The van der Waals surface area contributed by atoms with Crippen molar-refractivity contribution in [3.63, 3.8) is 0 Å². The van der Waals surface area contributed by atoms with Gasteiger partial charge in [0.05, 0.1) is 5.56 Å². The normalized spacial score (nSPS) is 20.5. The highest BCUT2D eigenvalue weighted by atomic mass is 16.5. The van der Waals surface area contributed by atoms with E-state index in [1.165, 1.54) is 5.56 Å². The summed E-state index contributed by atoms with van der Waals surface area (Å²) in [6.07, 6.45) is 0.823. The van der Waals surface area contributed by atoms with Crippen LogP contribution in [0.25, 0.3) is 0 Å². The van der Waals surface area contributed by atoms with E-state index in [0.717, 1.165) is 29.1 Å². The maximum absolute atomic E-state index is 13.3. The molecule has 0 unspecified atom stereocenters. The van der Waals surface area contributed by atoms with Crippen molar-refractivity contribution in [1.82, 2.24) is 0 Å². The minimum atomic E-state index is -0.268. The quantitative estimate of drug-likeness (QED) is 0.718. The first-order valence-corrected chi connectivity index (χ1v) is 9.24. The Morgan fingerprint density at radius 1 is 1.00 bits per heavy atom. The van der Waals surface area contributed by atoms with E-state index in [1.54, 1.807) is 0 Å². The molecular formula is C23H20N2O2. The molecule has 2 aliphatic heterocycles. The second-order valence-electron chi connectivity index (χ2n) is 7.10. The molecule has 1 amide bonds. The fourth-order valence-corrected chi connectivity index (χ4v) is 3.95. The molecule has 0 fully saturated rings. The summed E-state index contributed by atoms with van der Waals surface area (Å²) >= 11 is 0. The number of fused-ring (bicyclic) bond motifs is 2. The van der Waals surface area contributed by atoms with Crippen molar-refractivity contribution in [1.29, 1.82) is 0 Å². The summed E-state index contributed by atoms with van der Waals surface area (Å²) in [6, 6.07) is 23.7. The monoisotopic (exact) mass is 356 g/mol. The van der Waals surface area contributed by atoms with Crippen molar-refractivity contribution in [2.24, 2.45) is 0 Å². The Bertz CT molecular complexity index is 1020. The highest BCUT2D eigenvalue weighted by Gasteiger charge is 2.34. The summed E-state index contributed by atoms with van der Waals surface area (Å²) in [7, 11) is 0. The summed E-state index contributed by atoms with van der Waals surface area (Å²) in [4.78, 5) is 15.2. The number of ether oxygens (including phenoxy) is 1. The summed E-state index contributed by atoms with van der Waals surface area (Å²) in [5, 5.41) is 3.56. The number of hydrogen-bond acceptors (Lipinski definition) is 3. The zero-order valence-electron chi connectivity index (χ0n) is 15.1. The number of hydrogen-bond donors (Lipinski definition) is 1. The van der Waals surface area contributed by atoms with E-state index in [9.17, 15) is 4.79 Å². The van der Waals surface area contributed by atoms with Gasteiger partial charge in [0.15, 0.2) is 0 Å². The highest BCUT2D eigenvalue weighted by molar-refractivity contribution is 6.12. The van der Waals surface area contributed by atoms with Gasteiger partial charge in [0, 0.05) is 17.8 Å². The maximum Gasteiger partial charge on any atom is 0.262 e. The minimum absolute atomic E-state index is 0.00525. The molecule has 4 heteroatoms. The van der Waals surface area contributed by atoms with Crippen molar-refractivity contribution < 1.29 is 9.53 Å². The molecule has 0 spiro atoms. The number of para-hydroxylation sites is 2.